The third-order valence-electron chi connectivity index (χ3n) is 3.23. The minimum atomic E-state index is 0.342. The van der Waals surface area contributed by atoms with Crippen molar-refractivity contribution in [1.82, 2.24) is 14.5 Å². The summed E-state index contributed by atoms with van der Waals surface area (Å²) in [4.78, 5) is 9.01. The van der Waals surface area contributed by atoms with Crippen LogP contribution in [-0.4, -0.2) is 21.6 Å². The smallest absolute Gasteiger partial charge is 0.215 e. The Labute approximate surface area is 135 Å². The lowest BCUT2D eigenvalue weighted by Gasteiger charge is -2.08. The van der Waals surface area contributed by atoms with Crippen molar-refractivity contribution in [3.8, 4) is 5.88 Å². The fourth-order valence-electron chi connectivity index (χ4n) is 2.19. The van der Waals surface area contributed by atoms with Crippen LogP contribution in [0, 0.1) is 0 Å². The molecule has 3 rings (SSSR count). The Morgan fingerprint density at radius 3 is 2.57 bits per heavy atom. The number of pyridine rings is 1. The largest absolute Gasteiger partial charge is 0.481 e. The summed E-state index contributed by atoms with van der Waals surface area (Å²) in [5.41, 5.74) is 2.77. The molecule has 0 aliphatic heterocycles. The lowest BCUT2D eigenvalue weighted by atomic mass is 10.2. The maximum absolute atomic E-state index is 6.02. The van der Waals surface area contributed by atoms with Crippen molar-refractivity contribution in [3.63, 3.8) is 0 Å². The van der Waals surface area contributed by atoms with E-state index in [2.05, 4.69) is 38.0 Å². The average Bonchev–Trinajstić information content (AvgIpc) is 2.86. The lowest BCUT2D eigenvalue weighted by molar-refractivity contribution is 0.399. The van der Waals surface area contributed by atoms with Crippen LogP contribution >= 0.6 is 27.5 Å². The number of nitrogens with zero attached hydrogens (tertiary/aromatic N) is 3. The Kier molecular flexibility index (Phi) is 4.12. The first-order chi connectivity index (χ1) is 10.2. The fraction of sp³-hybridized carbons (Fsp3) is 0.200. The Morgan fingerprint density at radius 2 is 1.90 bits per heavy atom. The van der Waals surface area contributed by atoms with Gasteiger partial charge in [0.25, 0.3) is 0 Å². The van der Waals surface area contributed by atoms with Crippen LogP contribution in [0.1, 0.15) is 11.4 Å². The van der Waals surface area contributed by atoms with Gasteiger partial charge < -0.3 is 9.30 Å². The number of halogens is 2. The predicted octanol–water partition coefficient (Wildman–Crippen LogP) is 3.99. The minimum Gasteiger partial charge on any atom is -0.481 e. The molecule has 0 atom stereocenters. The molecule has 3 aromatic rings. The highest BCUT2D eigenvalue weighted by Gasteiger charge is 2.12. The van der Waals surface area contributed by atoms with Gasteiger partial charge in [0.15, 0.2) is 5.65 Å². The summed E-state index contributed by atoms with van der Waals surface area (Å²) in [7, 11) is 1.60. The van der Waals surface area contributed by atoms with E-state index < -0.39 is 0 Å². The quantitative estimate of drug-likeness (QED) is 0.656. The van der Waals surface area contributed by atoms with E-state index in [4.69, 9.17) is 16.3 Å². The summed E-state index contributed by atoms with van der Waals surface area (Å²) in [5, 5.41) is 0. The highest BCUT2D eigenvalue weighted by atomic mass is 79.9. The van der Waals surface area contributed by atoms with Crippen molar-refractivity contribution in [3.05, 3.63) is 52.3 Å². The normalized spacial score (nSPS) is 11.0. The van der Waals surface area contributed by atoms with Crippen molar-refractivity contribution in [2.75, 3.05) is 7.11 Å². The van der Waals surface area contributed by atoms with Gasteiger partial charge in [0.1, 0.15) is 11.3 Å². The van der Waals surface area contributed by atoms with E-state index in [-0.39, 0.29) is 0 Å². The molecule has 0 unspecified atom stereocenters. The number of imidazole rings is 1. The second kappa shape index (κ2) is 6.03. The highest BCUT2D eigenvalue weighted by Crippen LogP contribution is 2.21. The van der Waals surface area contributed by atoms with Gasteiger partial charge >= 0.3 is 0 Å². The van der Waals surface area contributed by atoms with Crippen molar-refractivity contribution in [1.29, 1.82) is 0 Å². The molecular formula is C15H13BrClN3O. The molecule has 6 heteroatoms. The van der Waals surface area contributed by atoms with Crippen LogP contribution in [0.4, 0.5) is 0 Å². The Hall–Kier alpha value is -1.59. The van der Waals surface area contributed by atoms with Gasteiger partial charge in [-0.2, -0.15) is 4.98 Å². The third kappa shape index (κ3) is 2.89. The third-order valence-corrected chi connectivity index (χ3v) is 4.00. The molecule has 0 amide bonds. The fourth-order valence-corrected chi connectivity index (χ4v) is 2.65. The monoisotopic (exact) mass is 365 g/mol. The van der Waals surface area contributed by atoms with Crippen LogP contribution < -0.4 is 4.74 Å². The summed E-state index contributed by atoms with van der Waals surface area (Å²) >= 11 is 9.46. The van der Waals surface area contributed by atoms with E-state index in [1.165, 1.54) is 0 Å². The van der Waals surface area contributed by atoms with Crippen LogP contribution in [0.5, 0.6) is 5.88 Å². The summed E-state index contributed by atoms with van der Waals surface area (Å²) in [6.07, 6.45) is 0. The van der Waals surface area contributed by atoms with Gasteiger partial charge in [0.2, 0.25) is 5.88 Å². The first-order valence-electron chi connectivity index (χ1n) is 6.42. The van der Waals surface area contributed by atoms with Crippen LogP contribution in [0.25, 0.3) is 11.2 Å². The lowest BCUT2D eigenvalue weighted by Crippen LogP contribution is -2.05. The molecule has 0 fully saturated rings. The number of benzene rings is 1. The van der Waals surface area contributed by atoms with Gasteiger partial charge in [-0.25, -0.2) is 4.98 Å². The van der Waals surface area contributed by atoms with E-state index in [1.54, 1.807) is 13.2 Å². The molecule has 0 aliphatic carbocycles. The minimum absolute atomic E-state index is 0.342. The highest BCUT2D eigenvalue weighted by molar-refractivity contribution is 9.10. The number of rotatable bonds is 4. The standard InChI is InChI=1S/C15H13BrClN3O/c1-21-14-7-6-12-15(19-14)20(13(8-17)18-12)9-10-2-4-11(16)5-3-10/h2-7H,8-9H2,1H3. The number of alkyl halides is 1. The van der Waals surface area contributed by atoms with E-state index >= 15 is 0 Å². The molecule has 0 N–H and O–H groups in total. The van der Waals surface area contributed by atoms with Gasteiger partial charge in [0.05, 0.1) is 19.5 Å². The molecule has 21 heavy (non-hydrogen) atoms. The molecule has 2 aromatic heterocycles. The maximum Gasteiger partial charge on any atom is 0.215 e. The first-order valence-corrected chi connectivity index (χ1v) is 7.74. The van der Waals surface area contributed by atoms with E-state index in [1.807, 2.05) is 22.8 Å². The van der Waals surface area contributed by atoms with Crippen molar-refractivity contribution in [2.45, 2.75) is 12.4 Å². The van der Waals surface area contributed by atoms with Gasteiger partial charge in [-0.05, 0) is 23.8 Å². The molecule has 108 valence electrons. The average molecular weight is 367 g/mol. The predicted molar refractivity (Wildman–Crippen MR) is 86.9 cm³/mol. The SMILES string of the molecule is COc1ccc2nc(CCl)n(Cc3ccc(Br)cc3)c2n1. The zero-order chi connectivity index (χ0) is 14.8. The van der Waals surface area contributed by atoms with Crippen LogP contribution in [0.15, 0.2) is 40.9 Å². The number of hydrogen-bond donors (Lipinski definition) is 0. The molecule has 4 nitrogen and oxygen atoms in total. The number of hydrogen-bond acceptors (Lipinski definition) is 3. The first kappa shape index (κ1) is 14.4. The topological polar surface area (TPSA) is 39.9 Å². The molecule has 0 saturated carbocycles. The van der Waals surface area contributed by atoms with Crippen LogP contribution in [0.2, 0.25) is 0 Å². The van der Waals surface area contributed by atoms with Gasteiger partial charge in [0, 0.05) is 10.5 Å². The molecule has 1 aromatic carbocycles. The van der Waals surface area contributed by atoms with Crippen molar-refractivity contribution in [2.24, 2.45) is 0 Å². The zero-order valence-electron chi connectivity index (χ0n) is 11.4. The van der Waals surface area contributed by atoms with E-state index in [0.717, 1.165) is 27.0 Å². The molecule has 0 aliphatic rings. The summed E-state index contributed by atoms with van der Waals surface area (Å²) in [6.45, 7) is 0.673. The summed E-state index contributed by atoms with van der Waals surface area (Å²) in [5.74, 6) is 1.71. The Balaban J connectivity index is 2.08. The molecule has 2 heterocycles. The van der Waals surface area contributed by atoms with Crippen molar-refractivity contribution < 1.29 is 4.74 Å². The van der Waals surface area contributed by atoms with E-state index in [0.29, 0.717) is 18.3 Å². The Morgan fingerprint density at radius 1 is 1.14 bits per heavy atom. The molecular weight excluding hydrogens is 354 g/mol. The van der Waals surface area contributed by atoms with Gasteiger partial charge in [-0.15, -0.1) is 11.6 Å². The molecule has 0 bridgehead atoms. The molecule has 0 saturated heterocycles. The Bertz CT molecular complexity index is 770. The molecule has 0 spiro atoms. The maximum atomic E-state index is 6.02. The summed E-state index contributed by atoms with van der Waals surface area (Å²) < 4.78 is 8.27. The van der Waals surface area contributed by atoms with Gasteiger partial charge in [-0.1, -0.05) is 28.1 Å². The number of ether oxygens (including phenoxy) is 1. The van der Waals surface area contributed by atoms with E-state index in [9.17, 15) is 0 Å². The zero-order valence-corrected chi connectivity index (χ0v) is 13.7. The number of fused-ring (bicyclic) bond motifs is 1. The molecule has 0 radical (unpaired) electrons. The van der Waals surface area contributed by atoms with Crippen LogP contribution in [-0.2, 0) is 12.4 Å². The van der Waals surface area contributed by atoms with Crippen molar-refractivity contribution >= 4 is 38.7 Å². The number of aromatic nitrogens is 3. The summed E-state index contributed by atoms with van der Waals surface area (Å²) in [6, 6.07) is 11.9. The second-order valence-electron chi connectivity index (χ2n) is 4.57. The van der Waals surface area contributed by atoms with Gasteiger partial charge in [-0.3, -0.25) is 0 Å². The van der Waals surface area contributed by atoms with Crippen LogP contribution in [0.3, 0.4) is 0 Å². The second-order valence-corrected chi connectivity index (χ2v) is 5.75. The number of methoxy groups -OCH3 is 1.